The van der Waals surface area contributed by atoms with Crippen LogP contribution in [0.25, 0.3) is 11.1 Å². The Labute approximate surface area is 194 Å². The lowest BCUT2D eigenvalue weighted by molar-refractivity contribution is -0.198. The largest absolute Gasteiger partial charge is 0.489 e. The summed E-state index contributed by atoms with van der Waals surface area (Å²) in [5.74, 6) is 1.44. The molecule has 0 amide bonds. The van der Waals surface area contributed by atoms with Gasteiger partial charge in [-0.1, -0.05) is 12.1 Å². The number of aliphatic imine (C=N–C) groups is 1. The van der Waals surface area contributed by atoms with Gasteiger partial charge in [-0.3, -0.25) is 0 Å². The number of hydrogen-bond donors (Lipinski definition) is 1. The third-order valence-corrected chi connectivity index (χ3v) is 6.86. The van der Waals surface area contributed by atoms with Crippen LogP contribution in [-0.4, -0.2) is 36.4 Å². The number of hydrogen-bond acceptors (Lipinski definition) is 7. The van der Waals surface area contributed by atoms with Gasteiger partial charge >= 0.3 is 0 Å². The highest BCUT2D eigenvalue weighted by Gasteiger charge is 2.51. The lowest BCUT2D eigenvalue weighted by Crippen LogP contribution is -2.46. The van der Waals surface area contributed by atoms with Crippen LogP contribution < -0.4 is 10.5 Å². The molecule has 33 heavy (non-hydrogen) atoms. The van der Waals surface area contributed by atoms with Crippen LogP contribution in [0.5, 0.6) is 5.75 Å². The molecule has 3 heterocycles. The zero-order valence-electron chi connectivity index (χ0n) is 19.6. The van der Waals surface area contributed by atoms with E-state index in [9.17, 15) is 5.26 Å². The van der Waals surface area contributed by atoms with Crippen molar-refractivity contribution < 1.29 is 14.3 Å². The molecule has 172 valence electrons. The third-order valence-electron chi connectivity index (χ3n) is 6.86. The summed E-state index contributed by atoms with van der Waals surface area (Å²) in [6.07, 6.45) is 2.37. The molecule has 0 aliphatic carbocycles. The molecule has 2 aromatic carbocycles. The molecule has 3 aliphatic rings. The summed E-state index contributed by atoms with van der Waals surface area (Å²) in [6, 6.07) is 14.2. The summed E-state index contributed by atoms with van der Waals surface area (Å²) in [7, 11) is 1.78. The minimum absolute atomic E-state index is 0.0567. The van der Waals surface area contributed by atoms with Crippen molar-refractivity contribution in [2.45, 2.75) is 57.5 Å². The summed E-state index contributed by atoms with van der Waals surface area (Å²) >= 11 is 0. The summed E-state index contributed by atoms with van der Waals surface area (Å²) in [5.41, 5.74) is 9.54. The Balaban J connectivity index is 1.57. The van der Waals surface area contributed by atoms with Gasteiger partial charge in [0.05, 0.1) is 22.8 Å². The fourth-order valence-electron chi connectivity index (χ4n) is 5.32. The highest BCUT2D eigenvalue weighted by Crippen LogP contribution is 2.49. The molecule has 7 heteroatoms. The van der Waals surface area contributed by atoms with E-state index >= 15 is 0 Å². The molecule has 0 bridgehead atoms. The lowest BCUT2D eigenvalue weighted by Gasteiger charge is -2.44. The molecule has 1 spiro atoms. The van der Waals surface area contributed by atoms with E-state index in [4.69, 9.17) is 25.0 Å². The van der Waals surface area contributed by atoms with Gasteiger partial charge < -0.3 is 15.2 Å². The first-order valence-electron chi connectivity index (χ1n) is 11.4. The second kappa shape index (κ2) is 7.75. The van der Waals surface area contributed by atoms with Gasteiger partial charge in [0.15, 0.2) is 0 Å². The molecule has 3 atom stereocenters. The van der Waals surface area contributed by atoms with E-state index in [2.05, 4.69) is 32.0 Å². The molecular formula is C26H30N4O3. The zero-order valence-corrected chi connectivity index (χ0v) is 19.6. The number of rotatable bonds is 2. The van der Waals surface area contributed by atoms with E-state index in [1.54, 1.807) is 7.05 Å². The fourth-order valence-corrected chi connectivity index (χ4v) is 5.32. The number of guanidine groups is 1. The summed E-state index contributed by atoms with van der Waals surface area (Å²) in [5, 5.41) is 10.9. The topological polar surface area (TPSA) is 93.1 Å². The molecule has 0 saturated carbocycles. The zero-order chi connectivity index (χ0) is 23.4. The predicted octanol–water partition coefficient (Wildman–Crippen LogP) is 4.23. The van der Waals surface area contributed by atoms with Crippen LogP contribution in [0.15, 0.2) is 41.4 Å². The number of ether oxygens (including phenoxy) is 2. The average Bonchev–Trinajstić information content (AvgIpc) is 3.05. The lowest BCUT2D eigenvalue weighted by atomic mass is 9.79. The van der Waals surface area contributed by atoms with E-state index in [0.29, 0.717) is 23.9 Å². The van der Waals surface area contributed by atoms with Crippen LogP contribution >= 0.6 is 0 Å². The Morgan fingerprint density at radius 2 is 1.97 bits per heavy atom. The van der Waals surface area contributed by atoms with E-state index < -0.39 is 5.72 Å². The fraction of sp³-hybridized carbons (Fsp3) is 0.462. The first-order valence-corrected chi connectivity index (χ1v) is 11.4. The summed E-state index contributed by atoms with van der Waals surface area (Å²) in [4.78, 5) is 11.1. The maximum absolute atomic E-state index is 9.40. The Morgan fingerprint density at radius 3 is 2.67 bits per heavy atom. The number of nitrogens with zero attached hydrogens (tertiary/aromatic N) is 3. The van der Waals surface area contributed by atoms with Crippen LogP contribution in [-0.2, 0) is 15.3 Å². The standard InChI is InChI=1S/C26H30N4O3/c1-16-9-17(15-27)11-20(10-16)18-5-6-22-21(12-18)26(29-24(28)30(4)33-26)14-23(32-22)19-7-8-31-25(2,3)13-19/h5-6,9-12,19,23H,7-8,13-14H2,1-4H3,(H2,28,29). The normalized spacial score (nSPS) is 28.1. The second-order valence-corrected chi connectivity index (χ2v) is 9.98. The van der Waals surface area contributed by atoms with Crippen molar-refractivity contribution in [1.29, 1.82) is 5.26 Å². The molecule has 7 nitrogen and oxygen atoms in total. The van der Waals surface area contributed by atoms with Crippen molar-refractivity contribution in [1.82, 2.24) is 5.06 Å². The Morgan fingerprint density at radius 1 is 1.15 bits per heavy atom. The van der Waals surface area contributed by atoms with Gasteiger partial charge in [-0.15, -0.1) is 0 Å². The van der Waals surface area contributed by atoms with Gasteiger partial charge in [0, 0.05) is 26.0 Å². The molecule has 2 N–H and O–H groups in total. The average molecular weight is 447 g/mol. The number of nitrogens with two attached hydrogens (primary N) is 1. The number of nitriles is 1. The number of hydroxylamine groups is 2. The molecule has 0 aromatic heterocycles. The van der Waals surface area contributed by atoms with Crippen molar-refractivity contribution in [3.8, 4) is 22.9 Å². The third kappa shape index (κ3) is 3.94. The van der Waals surface area contributed by atoms with E-state index in [-0.39, 0.29) is 11.7 Å². The van der Waals surface area contributed by atoms with Gasteiger partial charge in [-0.2, -0.15) is 5.26 Å². The van der Waals surface area contributed by atoms with Gasteiger partial charge in [-0.25, -0.2) is 14.9 Å². The SMILES string of the molecule is Cc1cc(C#N)cc(-c2ccc3c(c2)C2(CC(C4CCOC(C)(C)C4)O3)N=C(N)N(C)O2)c1. The van der Waals surface area contributed by atoms with Crippen molar-refractivity contribution >= 4 is 5.96 Å². The minimum atomic E-state index is -0.933. The first kappa shape index (κ1) is 21.7. The maximum atomic E-state index is 9.40. The van der Waals surface area contributed by atoms with Crippen LogP contribution in [0.1, 0.15) is 49.8 Å². The van der Waals surface area contributed by atoms with Crippen molar-refractivity contribution in [3.63, 3.8) is 0 Å². The monoisotopic (exact) mass is 446 g/mol. The minimum Gasteiger partial charge on any atom is -0.489 e. The van der Waals surface area contributed by atoms with Crippen LogP contribution in [0, 0.1) is 24.2 Å². The van der Waals surface area contributed by atoms with Crippen LogP contribution in [0.3, 0.4) is 0 Å². The molecule has 1 fully saturated rings. The summed E-state index contributed by atoms with van der Waals surface area (Å²) < 4.78 is 12.5. The number of aryl methyl sites for hydroxylation is 1. The molecular weight excluding hydrogens is 416 g/mol. The van der Waals surface area contributed by atoms with E-state index in [1.165, 1.54) is 5.06 Å². The number of fused-ring (bicyclic) bond motifs is 2. The smallest absolute Gasteiger partial charge is 0.221 e. The quantitative estimate of drug-likeness (QED) is 0.742. The molecule has 3 aliphatic heterocycles. The van der Waals surface area contributed by atoms with Gasteiger partial charge in [0.1, 0.15) is 11.9 Å². The second-order valence-electron chi connectivity index (χ2n) is 9.98. The molecule has 3 unspecified atom stereocenters. The number of benzene rings is 2. The van der Waals surface area contributed by atoms with E-state index in [0.717, 1.165) is 47.5 Å². The highest BCUT2D eigenvalue weighted by molar-refractivity contribution is 5.79. The molecule has 1 saturated heterocycles. The highest BCUT2D eigenvalue weighted by atomic mass is 16.7. The Bertz CT molecular complexity index is 1170. The van der Waals surface area contributed by atoms with Crippen LogP contribution in [0.2, 0.25) is 0 Å². The predicted molar refractivity (Wildman–Crippen MR) is 125 cm³/mol. The van der Waals surface area contributed by atoms with Gasteiger partial charge in [0.2, 0.25) is 11.7 Å². The molecule has 2 aromatic rings. The summed E-state index contributed by atoms with van der Waals surface area (Å²) in [6.45, 7) is 6.97. The van der Waals surface area contributed by atoms with Crippen molar-refractivity contribution in [2.75, 3.05) is 13.7 Å². The van der Waals surface area contributed by atoms with Crippen LogP contribution in [0.4, 0.5) is 0 Å². The maximum Gasteiger partial charge on any atom is 0.221 e. The van der Waals surface area contributed by atoms with Crippen molar-refractivity contribution in [3.05, 3.63) is 53.1 Å². The van der Waals surface area contributed by atoms with Crippen molar-refractivity contribution in [2.24, 2.45) is 16.6 Å². The van der Waals surface area contributed by atoms with E-state index in [1.807, 2.05) is 31.2 Å². The molecule has 0 radical (unpaired) electrons. The van der Waals surface area contributed by atoms with Gasteiger partial charge in [0.25, 0.3) is 0 Å². The molecule has 5 rings (SSSR count). The Hall–Kier alpha value is -3.08. The Kier molecular flexibility index (Phi) is 5.11. The first-order chi connectivity index (χ1) is 15.7. The van der Waals surface area contributed by atoms with Gasteiger partial charge in [-0.05, 0) is 74.6 Å².